The average molecular weight is 288 g/mol. The summed E-state index contributed by atoms with van der Waals surface area (Å²) in [7, 11) is 0. The maximum atomic E-state index is 4.76. The second-order valence-electron chi connectivity index (χ2n) is 5.88. The molecule has 1 aromatic carbocycles. The number of rotatable bonds is 4. The molecule has 0 bridgehead atoms. The summed E-state index contributed by atoms with van der Waals surface area (Å²) in [4.78, 5) is 4.76. The third kappa shape index (κ3) is 3.78. The molecule has 1 N–H and O–H groups in total. The first-order valence-electron chi connectivity index (χ1n) is 7.89. The van der Waals surface area contributed by atoms with Crippen molar-refractivity contribution >= 4 is 16.9 Å². The number of hydrogen-bond acceptors (Lipinski definition) is 2. The zero-order valence-electron chi connectivity index (χ0n) is 12.1. The molecule has 2 aliphatic rings. The zero-order chi connectivity index (χ0) is 13.6. The van der Waals surface area contributed by atoms with Gasteiger partial charge >= 0.3 is 0 Å². The molecule has 108 valence electrons. The molecule has 3 rings (SSSR count). The molecular formula is C17H24N2S. The highest BCUT2D eigenvalue weighted by molar-refractivity contribution is 8.13. The number of benzene rings is 1. The van der Waals surface area contributed by atoms with Gasteiger partial charge in [0, 0.05) is 18.3 Å². The molecule has 1 heterocycles. The van der Waals surface area contributed by atoms with Crippen LogP contribution in [0.1, 0.15) is 37.7 Å². The van der Waals surface area contributed by atoms with Crippen LogP contribution in [0.4, 0.5) is 0 Å². The van der Waals surface area contributed by atoms with E-state index in [4.69, 9.17) is 4.99 Å². The van der Waals surface area contributed by atoms with Crippen LogP contribution in [0.5, 0.6) is 0 Å². The summed E-state index contributed by atoms with van der Waals surface area (Å²) < 4.78 is 0. The Kier molecular flexibility index (Phi) is 5.01. The number of nitrogens with one attached hydrogen (secondary N) is 1. The van der Waals surface area contributed by atoms with Crippen molar-refractivity contribution in [2.24, 2.45) is 10.9 Å². The third-order valence-corrected chi connectivity index (χ3v) is 5.49. The molecule has 2 unspecified atom stereocenters. The minimum Gasteiger partial charge on any atom is -0.362 e. The number of thioether (sulfide) groups is 1. The molecule has 2 nitrogen and oxygen atoms in total. The number of aliphatic imine (C=N–C) groups is 1. The van der Waals surface area contributed by atoms with Crippen LogP contribution in [-0.2, 0) is 6.42 Å². The molecule has 2 fully saturated rings. The summed E-state index contributed by atoms with van der Waals surface area (Å²) in [6, 6.07) is 11.4. The summed E-state index contributed by atoms with van der Waals surface area (Å²) in [6.07, 6.45) is 7.84. The summed E-state index contributed by atoms with van der Waals surface area (Å²) in [6.45, 7) is 0.946. The van der Waals surface area contributed by atoms with Crippen LogP contribution in [-0.4, -0.2) is 23.5 Å². The van der Waals surface area contributed by atoms with Crippen LogP contribution in [0.25, 0.3) is 0 Å². The van der Waals surface area contributed by atoms with E-state index in [0.29, 0.717) is 6.04 Å². The van der Waals surface area contributed by atoms with Crippen molar-refractivity contribution in [2.75, 3.05) is 12.3 Å². The van der Waals surface area contributed by atoms with E-state index >= 15 is 0 Å². The summed E-state index contributed by atoms with van der Waals surface area (Å²) in [5.41, 5.74) is 1.42. The molecule has 1 aromatic rings. The minimum absolute atomic E-state index is 0.706. The molecule has 1 aliphatic carbocycles. The molecule has 0 aromatic heterocycles. The van der Waals surface area contributed by atoms with E-state index in [2.05, 4.69) is 35.6 Å². The SMILES string of the molecule is c1ccc(CCCN=C2NC3CCCCC3CS2)cc1. The van der Waals surface area contributed by atoms with E-state index in [9.17, 15) is 0 Å². The van der Waals surface area contributed by atoms with Gasteiger partial charge in [-0.05, 0) is 37.2 Å². The Morgan fingerprint density at radius 1 is 1.15 bits per heavy atom. The van der Waals surface area contributed by atoms with Crippen molar-refractivity contribution in [1.29, 1.82) is 0 Å². The highest BCUT2D eigenvalue weighted by Gasteiger charge is 2.29. The fourth-order valence-corrected chi connectivity index (χ4v) is 4.37. The molecule has 2 atom stereocenters. The lowest BCUT2D eigenvalue weighted by molar-refractivity contribution is 0.311. The van der Waals surface area contributed by atoms with Gasteiger partial charge in [-0.2, -0.15) is 0 Å². The second kappa shape index (κ2) is 7.16. The standard InChI is InChI=1S/C17H24N2S/c1-2-7-14(8-3-1)9-6-12-18-17-19-16-11-5-4-10-15(16)13-20-17/h1-3,7-8,15-16H,4-6,9-13H2,(H,18,19). The van der Waals surface area contributed by atoms with Crippen LogP contribution >= 0.6 is 11.8 Å². The smallest absolute Gasteiger partial charge is 0.156 e. The largest absolute Gasteiger partial charge is 0.362 e. The Hall–Kier alpha value is -0.960. The Morgan fingerprint density at radius 3 is 2.90 bits per heavy atom. The Labute approximate surface area is 126 Å². The van der Waals surface area contributed by atoms with Crippen molar-refractivity contribution in [1.82, 2.24) is 5.32 Å². The summed E-state index contributed by atoms with van der Waals surface area (Å²) >= 11 is 1.93. The molecule has 0 radical (unpaired) electrons. The van der Waals surface area contributed by atoms with Gasteiger partial charge in [-0.15, -0.1) is 0 Å². The van der Waals surface area contributed by atoms with Gasteiger partial charge in [-0.1, -0.05) is 54.9 Å². The summed E-state index contributed by atoms with van der Waals surface area (Å²) in [5, 5.41) is 4.86. The monoisotopic (exact) mass is 288 g/mol. The van der Waals surface area contributed by atoms with Crippen LogP contribution in [0.15, 0.2) is 35.3 Å². The maximum absolute atomic E-state index is 4.76. The van der Waals surface area contributed by atoms with E-state index in [1.54, 1.807) is 0 Å². The van der Waals surface area contributed by atoms with Gasteiger partial charge < -0.3 is 5.32 Å². The molecule has 0 spiro atoms. The van der Waals surface area contributed by atoms with E-state index < -0.39 is 0 Å². The molecule has 0 amide bonds. The van der Waals surface area contributed by atoms with Crippen LogP contribution in [0, 0.1) is 5.92 Å². The maximum Gasteiger partial charge on any atom is 0.156 e. The first-order valence-corrected chi connectivity index (χ1v) is 8.88. The van der Waals surface area contributed by atoms with Crippen LogP contribution in [0.3, 0.4) is 0 Å². The lowest BCUT2D eigenvalue weighted by atomic mass is 9.86. The van der Waals surface area contributed by atoms with Crippen molar-refractivity contribution < 1.29 is 0 Å². The highest BCUT2D eigenvalue weighted by Crippen LogP contribution is 2.31. The summed E-state index contributed by atoms with van der Waals surface area (Å²) in [5.74, 6) is 2.16. The van der Waals surface area contributed by atoms with E-state index in [-0.39, 0.29) is 0 Å². The topological polar surface area (TPSA) is 24.4 Å². The van der Waals surface area contributed by atoms with Gasteiger partial charge in [0.05, 0.1) is 0 Å². The number of aryl methyl sites for hydroxylation is 1. The first-order chi connectivity index (χ1) is 9.92. The number of fused-ring (bicyclic) bond motifs is 1. The van der Waals surface area contributed by atoms with Gasteiger partial charge in [0.15, 0.2) is 5.17 Å². The quantitative estimate of drug-likeness (QED) is 0.851. The second-order valence-corrected chi connectivity index (χ2v) is 6.89. The highest BCUT2D eigenvalue weighted by atomic mass is 32.2. The van der Waals surface area contributed by atoms with Gasteiger partial charge in [0.25, 0.3) is 0 Å². The predicted molar refractivity (Wildman–Crippen MR) is 88.4 cm³/mol. The van der Waals surface area contributed by atoms with Crippen LogP contribution in [0.2, 0.25) is 0 Å². The van der Waals surface area contributed by atoms with Gasteiger partial charge in [0.1, 0.15) is 0 Å². The van der Waals surface area contributed by atoms with E-state index in [1.807, 2.05) is 11.8 Å². The van der Waals surface area contributed by atoms with Crippen molar-refractivity contribution in [2.45, 2.75) is 44.6 Å². The van der Waals surface area contributed by atoms with Crippen molar-refractivity contribution in [3.8, 4) is 0 Å². The average Bonchev–Trinajstić information content (AvgIpc) is 2.52. The molecule has 1 saturated heterocycles. The fourth-order valence-electron chi connectivity index (χ4n) is 3.18. The lowest BCUT2D eigenvalue weighted by Crippen LogP contribution is -2.46. The van der Waals surface area contributed by atoms with Gasteiger partial charge in [0.2, 0.25) is 0 Å². The normalized spacial score (nSPS) is 27.9. The number of nitrogens with zero attached hydrogens (tertiary/aromatic N) is 1. The first kappa shape index (κ1) is 14.0. The Bertz CT molecular complexity index is 444. The minimum atomic E-state index is 0.706. The number of amidine groups is 1. The van der Waals surface area contributed by atoms with Gasteiger partial charge in [-0.3, -0.25) is 4.99 Å². The van der Waals surface area contributed by atoms with Gasteiger partial charge in [-0.25, -0.2) is 0 Å². The van der Waals surface area contributed by atoms with Crippen molar-refractivity contribution in [3.63, 3.8) is 0 Å². The molecule has 1 aliphatic heterocycles. The van der Waals surface area contributed by atoms with E-state index in [1.165, 1.54) is 42.2 Å². The fraction of sp³-hybridized carbons (Fsp3) is 0.588. The third-order valence-electron chi connectivity index (χ3n) is 4.37. The van der Waals surface area contributed by atoms with E-state index in [0.717, 1.165) is 25.3 Å². The molecule has 20 heavy (non-hydrogen) atoms. The number of hydrogen-bond donors (Lipinski definition) is 1. The molecular weight excluding hydrogens is 264 g/mol. The van der Waals surface area contributed by atoms with Crippen molar-refractivity contribution in [3.05, 3.63) is 35.9 Å². The Morgan fingerprint density at radius 2 is 2.00 bits per heavy atom. The lowest BCUT2D eigenvalue weighted by Gasteiger charge is -2.36. The predicted octanol–water partition coefficient (Wildman–Crippen LogP) is 3.87. The molecule has 1 saturated carbocycles. The zero-order valence-corrected chi connectivity index (χ0v) is 12.9. The Balaban J connectivity index is 1.43. The van der Waals surface area contributed by atoms with Crippen LogP contribution < -0.4 is 5.32 Å². The molecule has 3 heteroatoms.